The number of carboxylic acids is 1. The van der Waals surface area contributed by atoms with Crippen LogP contribution in [0.2, 0.25) is 0 Å². The molecule has 1 heterocycles. The van der Waals surface area contributed by atoms with Crippen LogP contribution in [-0.4, -0.2) is 40.6 Å². The van der Waals surface area contributed by atoms with Crippen LogP contribution in [0.1, 0.15) is 25.8 Å². The number of amides is 2. The maximum Gasteiger partial charge on any atom is 0.416 e. The third kappa shape index (κ3) is 3.94. The summed E-state index contributed by atoms with van der Waals surface area (Å²) in [5.74, 6) is -2.35. The third-order valence-corrected chi connectivity index (χ3v) is 5.03. The fourth-order valence-electron chi connectivity index (χ4n) is 3.57. The van der Waals surface area contributed by atoms with Crippen LogP contribution in [0.5, 0.6) is 0 Å². The number of imide groups is 1. The number of nitrogens with zero attached hydrogens (tertiary/aromatic N) is 1. The maximum absolute atomic E-state index is 13.1. The number of hydrogen-bond acceptors (Lipinski definition) is 4. The van der Waals surface area contributed by atoms with Crippen molar-refractivity contribution in [2.24, 2.45) is 11.8 Å². The van der Waals surface area contributed by atoms with Crippen molar-refractivity contribution in [1.82, 2.24) is 4.90 Å². The molecule has 6 heteroatoms. The molecule has 1 fully saturated rings. The molecule has 0 bridgehead atoms. The Hall–Kier alpha value is -2.89. The molecule has 2 atom stereocenters. The zero-order chi connectivity index (χ0) is 19.6. The predicted molar refractivity (Wildman–Crippen MR) is 100 cm³/mol. The first-order chi connectivity index (χ1) is 12.9. The van der Waals surface area contributed by atoms with Gasteiger partial charge in [0.15, 0.2) is 0 Å². The van der Waals surface area contributed by atoms with Gasteiger partial charge in [-0.1, -0.05) is 56.3 Å². The Morgan fingerprint density at radius 1 is 1.19 bits per heavy atom. The molecule has 1 aliphatic rings. The van der Waals surface area contributed by atoms with Crippen molar-refractivity contribution < 1.29 is 24.2 Å². The lowest BCUT2D eigenvalue weighted by atomic mass is 9.91. The molecule has 1 saturated heterocycles. The quantitative estimate of drug-likeness (QED) is 0.843. The number of carbonyl (C=O) groups excluding carboxylic acids is 2. The highest BCUT2D eigenvalue weighted by Gasteiger charge is 2.42. The maximum atomic E-state index is 13.1. The van der Waals surface area contributed by atoms with Gasteiger partial charge < -0.3 is 9.84 Å². The minimum absolute atomic E-state index is 0.0310. The first kappa shape index (κ1) is 18.9. The molecular weight excluding hydrogens is 346 g/mol. The van der Waals surface area contributed by atoms with Crippen molar-refractivity contribution in [2.45, 2.75) is 32.7 Å². The van der Waals surface area contributed by atoms with Gasteiger partial charge >= 0.3 is 12.1 Å². The lowest BCUT2D eigenvalue weighted by molar-refractivity contribution is -0.144. The summed E-state index contributed by atoms with van der Waals surface area (Å²) in [5, 5.41) is 11.3. The van der Waals surface area contributed by atoms with Crippen LogP contribution in [0.15, 0.2) is 42.5 Å². The molecule has 6 nitrogen and oxygen atoms in total. The fourth-order valence-corrected chi connectivity index (χ4v) is 3.57. The molecule has 2 amide bonds. The van der Waals surface area contributed by atoms with Gasteiger partial charge in [-0.25, -0.2) is 9.69 Å². The molecular formula is C21H23NO5. The van der Waals surface area contributed by atoms with Crippen LogP contribution in [0.3, 0.4) is 0 Å². The van der Waals surface area contributed by atoms with Crippen LogP contribution in [0.25, 0.3) is 10.8 Å². The summed E-state index contributed by atoms with van der Waals surface area (Å²) in [6.45, 7) is 3.96. The second kappa shape index (κ2) is 7.78. The van der Waals surface area contributed by atoms with Gasteiger partial charge in [-0.15, -0.1) is 0 Å². The number of carboxylic acid groups (broad SMARTS) is 1. The lowest BCUT2D eigenvalue weighted by Gasteiger charge is -2.26. The fraction of sp³-hybridized carbons (Fsp3) is 0.381. The molecule has 1 aliphatic heterocycles. The topological polar surface area (TPSA) is 83.9 Å². The Labute approximate surface area is 157 Å². The van der Waals surface area contributed by atoms with E-state index in [9.17, 15) is 19.5 Å². The predicted octanol–water partition coefficient (Wildman–Crippen LogP) is 3.48. The standard InChI is InChI=1S/C21H23NO5/c1-13(2)18-12-27-21(26)22(18)20(25)16(11-19(23)24)10-15-8-5-7-14-6-3-4-9-17(14)15/h3-9,13,16,18H,10-12H2,1-2H3,(H,23,24)/t16-,18-/m1/s1. The van der Waals surface area contributed by atoms with Gasteiger partial charge in [0.2, 0.25) is 5.91 Å². The monoisotopic (exact) mass is 369 g/mol. The number of fused-ring (bicyclic) bond motifs is 1. The first-order valence-corrected chi connectivity index (χ1v) is 9.06. The SMILES string of the molecule is CC(C)[C@H]1COC(=O)N1C(=O)[C@@H](CC(=O)O)Cc1cccc2ccccc12. The second-order valence-electron chi connectivity index (χ2n) is 7.23. The molecule has 0 radical (unpaired) electrons. The summed E-state index contributed by atoms with van der Waals surface area (Å²) in [5.41, 5.74) is 0.890. The Morgan fingerprint density at radius 3 is 2.59 bits per heavy atom. The molecule has 0 aliphatic carbocycles. The highest BCUT2D eigenvalue weighted by atomic mass is 16.6. The minimum Gasteiger partial charge on any atom is -0.481 e. The molecule has 2 aromatic rings. The van der Waals surface area contributed by atoms with Crippen LogP contribution in [-0.2, 0) is 20.7 Å². The van der Waals surface area contributed by atoms with E-state index in [4.69, 9.17) is 4.74 Å². The molecule has 0 aromatic heterocycles. The van der Waals surface area contributed by atoms with Crippen LogP contribution < -0.4 is 0 Å². The molecule has 0 spiro atoms. The molecule has 1 N–H and O–H groups in total. The first-order valence-electron chi connectivity index (χ1n) is 9.06. The number of ether oxygens (including phenoxy) is 1. The summed E-state index contributed by atoms with van der Waals surface area (Å²) in [6, 6.07) is 13.2. The van der Waals surface area contributed by atoms with Gasteiger partial charge in [-0.3, -0.25) is 9.59 Å². The van der Waals surface area contributed by atoms with E-state index in [1.165, 1.54) is 0 Å². The van der Waals surface area contributed by atoms with Gasteiger partial charge in [-0.05, 0) is 28.7 Å². The number of rotatable bonds is 6. The smallest absolute Gasteiger partial charge is 0.416 e. The van der Waals surface area contributed by atoms with Crippen LogP contribution >= 0.6 is 0 Å². The van der Waals surface area contributed by atoms with Gasteiger partial charge in [0.25, 0.3) is 0 Å². The van der Waals surface area contributed by atoms with Crippen LogP contribution in [0, 0.1) is 11.8 Å². The van der Waals surface area contributed by atoms with Crippen molar-refractivity contribution in [1.29, 1.82) is 0 Å². The summed E-state index contributed by atoms with van der Waals surface area (Å²) < 4.78 is 5.05. The normalized spacial score (nSPS) is 18.0. The molecule has 142 valence electrons. The van der Waals surface area contributed by atoms with Crippen molar-refractivity contribution in [3.8, 4) is 0 Å². The summed E-state index contributed by atoms with van der Waals surface area (Å²) in [6.07, 6.45) is -0.774. The van der Waals surface area contributed by atoms with Crippen LogP contribution in [0.4, 0.5) is 4.79 Å². The zero-order valence-corrected chi connectivity index (χ0v) is 15.4. The van der Waals surface area contributed by atoms with Crippen molar-refractivity contribution >= 4 is 28.7 Å². The molecule has 0 saturated carbocycles. The number of benzene rings is 2. The average molecular weight is 369 g/mol. The van der Waals surface area contributed by atoms with E-state index in [1.807, 2.05) is 56.3 Å². The summed E-state index contributed by atoms with van der Waals surface area (Å²) in [4.78, 5) is 37.7. The highest BCUT2D eigenvalue weighted by Crippen LogP contribution is 2.27. The van der Waals surface area contributed by atoms with Crippen molar-refractivity contribution in [2.75, 3.05) is 6.61 Å². The molecule has 3 rings (SSSR count). The number of aliphatic carboxylic acids is 1. The van der Waals surface area contributed by atoms with Gasteiger partial charge in [0.1, 0.15) is 6.61 Å². The Bertz CT molecular complexity index is 871. The molecule has 27 heavy (non-hydrogen) atoms. The van der Waals surface area contributed by atoms with E-state index in [0.717, 1.165) is 21.2 Å². The van der Waals surface area contributed by atoms with E-state index in [1.54, 1.807) is 0 Å². The van der Waals surface area contributed by atoms with E-state index in [-0.39, 0.29) is 31.4 Å². The van der Waals surface area contributed by atoms with Gasteiger partial charge in [0, 0.05) is 0 Å². The van der Waals surface area contributed by atoms with E-state index >= 15 is 0 Å². The van der Waals surface area contributed by atoms with E-state index < -0.39 is 23.9 Å². The van der Waals surface area contributed by atoms with Gasteiger partial charge in [0.05, 0.1) is 18.4 Å². The van der Waals surface area contributed by atoms with Crippen molar-refractivity contribution in [3.05, 3.63) is 48.0 Å². The Morgan fingerprint density at radius 2 is 1.89 bits per heavy atom. The molecule has 2 aromatic carbocycles. The molecule has 0 unspecified atom stereocenters. The van der Waals surface area contributed by atoms with Gasteiger partial charge in [-0.2, -0.15) is 0 Å². The second-order valence-corrected chi connectivity index (χ2v) is 7.23. The largest absolute Gasteiger partial charge is 0.481 e. The van der Waals surface area contributed by atoms with E-state index in [2.05, 4.69) is 0 Å². The average Bonchev–Trinajstić information content (AvgIpc) is 3.02. The third-order valence-electron chi connectivity index (χ3n) is 5.03. The number of carbonyl (C=O) groups is 3. The lowest BCUT2D eigenvalue weighted by Crippen LogP contribution is -2.45. The number of hydrogen-bond donors (Lipinski definition) is 1. The summed E-state index contributed by atoms with van der Waals surface area (Å²) >= 11 is 0. The van der Waals surface area contributed by atoms with Crippen molar-refractivity contribution in [3.63, 3.8) is 0 Å². The van der Waals surface area contributed by atoms with E-state index in [0.29, 0.717) is 0 Å². The Kier molecular flexibility index (Phi) is 5.44. The summed E-state index contributed by atoms with van der Waals surface area (Å²) in [7, 11) is 0. The Balaban J connectivity index is 1.93. The minimum atomic E-state index is -1.07. The number of cyclic esters (lactones) is 1. The zero-order valence-electron chi connectivity index (χ0n) is 15.4. The highest BCUT2D eigenvalue weighted by molar-refractivity contribution is 5.96.